The molecule has 0 amide bonds. The lowest BCUT2D eigenvalue weighted by Gasteiger charge is -2.09. The van der Waals surface area contributed by atoms with Gasteiger partial charge in [-0.3, -0.25) is 0 Å². The van der Waals surface area contributed by atoms with Gasteiger partial charge in [0.25, 0.3) is 0 Å². The quantitative estimate of drug-likeness (QED) is 0.269. The van der Waals surface area contributed by atoms with Crippen LogP contribution in [0, 0.1) is 6.92 Å². The Balaban J connectivity index is 1.37. The zero-order chi connectivity index (χ0) is 25.3. The number of nitrogens with zero attached hydrogens (tertiary/aromatic N) is 3. The van der Waals surface area contributed by atoms with Crippen LogP contribution in [-0.4, -0.2) is 43.6 Å². The first-order valence-electron chi connectivity index (χ1n) is 10.9. The van der Waals surface area contributed by atoms with Gasteiger partial charge >= 0.3 is 0 Å². The first kappa shape index (κ1) is 24.4. The summed E-state index contributed by atoms with van der Waals surface area (Å²) < 4.78 is 39.1. The Hall–Kier alpha value is -3.31. The molecule has 1 N–H and O–H groups in total. The van der Waals surface area contributed by atoms with Crippen LogP contribution in [0.15, 0.2) is 65.7 Å². The third-order valence-corrected chi connectivity index (χ3v) is 8.15. The fourth-order valence-corrected chi connectivity index (χ4v) is 6.08. The molecule has 8 nitrogen and oxygen atoms in total. The van der Waals surface area contributed by atoms with E-state index in [1.807, 2.05) is 25.1 Å². The van der Waals surface area contributed by atoms with E-state index in [9.17, 15) is 8.42 Å². The van der Waals surface area contributed by atoms with Crippen LogP contribution in [0.3, 0.4) is 0 Å². The molecule has 0 atom stereocenters. The molecule has 0 aliphatic heterocycles. The van der Waals surface area contributed by atoms with Gasteiger partial charge in [-0.2, -0.15) is 0 Å². The maximum Gasteiger partial charge on any atom is 0.240 e. The average Bonchev–Trinajstić information content (AvgIpc) is 3.31. The molecule has 11 heteroatoms. The average molecular weight is 541 g/mol. The summed E-state index contributed by atoms with van der Waals surface area (Å²) in [5.41, 5.74) is 3.97. The van der Waals surface area contributed by atoms with Crippen molar-refractivity contribution in [2.45, 2.75) is 11.8 Å². The number of benzene rings is 3. The van der Waals surface area contributed by atoms with Gasteiger partial charge in [-0.25, -0.2) is 28.1 Å². The molecule has 0 saturated heterocycles. The van der Waals surface area contributed by atoms with E-state index in [1.54, 1.807) is 37.6 Å². The summed E-state index contributed by atoms with van der Waals surface area (Å²) in [6.45, 7) is 2.24. The summed E-state index contributed by atoms with van der Waals surface area (Å²) >= 11 is 7.99. The van der Waals surface area contributed by atoms with E-state index in [2.05, 4.69) is 14.7 Å². The number of ether oxygens (including phenoxy) is 2. The van der Waals surface area contributed by atoms with Crippen molar-refractivity contribution in [3.63, 3.8) is 0 Å². The first-order chi connectivity index (χ1) is 17.3. The lowest BCUT2D eigenvalue weighted by Crippen LogP contribution is -2.28. The van der Waals surface area contributed by atoms with E-state index in [0.717, 1.165) is 31.9 Å². The number of halogens is 1. The van der Waals surface area contributed by atoms with Crippen LogP contribution in [0.25, 0.3) is 31.8 Å². The monoisotopic (exact) mass is 540 g/mol. The van der Waals surface area contributed by atoms with Gasteiger partial charge in [-0.05, 0) is 42.8 Å². The fourth-order valence-electron chi connectivity index (χ4n) is 3.70. The number of fused-ring (bicyclic) bond motifs is 2. The molecule has 0 aliphatic carbocycles. The van der Waals surface area contributed by atoms with Gasteiger partial charge in [0.05, 0.1) is 39.0 Å². The molecule has 0 radical (unpaired) electrons. The predicted octanol–water partition coefficient (Wildman–Crippen LogP) is 5.23. The molecule has 2 aromatic heterocycles. The third kappa shape index (κ3) is 4.98. The van der Waals surface area contributed by atoms with E-state index in [-0.39, 0.29) is 18.0 Å². The highest BCUT2D eigenvalue weighted by molar-refractivity contribution is 7.89. The van der Waals surface area contributed by atoms with Crippen LogP contribution in [0.5, 0.6) is 11.6 Å². The van der Waals surface area contributed by atoms with Gasteiger partial charge in [0.2, 0.25) is 15.9 Å². The number of nitrogens with one attached hydrogen (secondary N) is 1. The Morgan fingerprint density at radius 3 is 2.64 bits per heavy atom. The minimum absolute atomic E-state index is 0.109. The summed E-state index contributed by atoms with van der Waals surface area (Å²) in [5.74, 6) is 0.972. The number of methoxy groups -OCH3 is 1. The molecule has 184 valence electrons. The lowest BCUT2D eigenvalue weighted by molar-refractivity contribution is 0.323. The summed E-state index contributed by atoms with van der Waals surface area (Å²) in [5, 5.41) is 1.20. The number of aromatic nitrogens is 3. The summed E-state index contributed by atoms with van der Waals surface area (Å²) in [6.07, 6.45) is 1.58. The SMILES string of the molecule is COc1cnc2c(-c3nc4c(Cl)cc(OCCNS(=O)(=O)c5ccccc5)cc4s3)cc(C)cc2n1. The van der Waals surface area contributed by atoms with Crippen molar-refractivity contribution < 1.29 is 17.9 Å². The lowest BCUT2D eigenvalue weighted by atomic mass is 10.1. The standard InChI is InChI=1S/C25H21ClN4O4S2/c1-15-10-18(23-20(11-15)29-22(33-2)14-27-23)25-30-24-19(26)12-16(13-21(24)35-25)34-9-8-28-36(31,32)17-6-4-3-5-7-17/h3-7,10-14,28H,8-9H2,1-2H3. The van der Waals surface area contributed by atoms with E-state index in [4.69, 9.17) is 26.1 Å². The Kier molecular flexibility index (Phi) is 6.76. The molecular weight excluding hydrogens is 520 g/mol. The normalized spacial score (nSPS) is 11.8. The van der Waals surface area contributed by atoms with Crippen molar-refractivity contribution in [2.75, 3.05) is 20.3 Å². The number of hydrogen-bond donors (Lipinski definition) is 1. The molecule has 0 fully saturated rings. The second kappa shape index (κ2) is 9.98. The Morgan fingerprint density at radius 2 is 1.86 bits per heavy atom. The van der Waals surface area contributed by atoms with Gasteiger partial charge in [0, 0.05) is 18.2 Å². The van der Waals surface area contributed by atoms with E-state index < -0.39 is 10.0 Å². The van der Waals surface area contributed by atoms with Crippen LogP contribution in [-0.2, 0) is 10.0 Å². The molecular formula is C25H21ClN4O4S2. The Bertz CT molecular complexity index is 1670. The number of sulfonamides is 1. The van der Waals surface area contributed by atoms with Gasteiger partial charge in [0.1, 0.15) is 22.9 Å². The van der Waals surface area contributed by atoms with Gasteiger partial charge in [-0.15, -0.1) is 11.3 Å². The third-order valence-electron chi connectivity index (χ3n) is 5.35. The van der Waals surface area contributed by atoms with Crippen molar-refractivity contribution in [3.8, 4) is 22.2 Å². The minimum Gasteiger partial charge on any atom is -0.492 e. The highest BCUT2D eigenvalue weighted by Crippen LogP contribution is 2.38. The number of hydrogen-bond acceptors (Lipinski definition) is 8. The van der Waals surface area contributed by atoms with Gasteiger partial charge in [0.15, 0.2) is 0 Å². The largest absolute Gasteiger partial charge is 0.492 e. The van der Waals surface area contributed by atoms with E-state index in [1.165, 1.54) is 23.5 Å². The van der Waals surface area contributed by atoms with Crippen molar-refractivity contribution in [3.05, 3.63) is 71.4 Å². The smallest absolute Gasteiger partial charge is 0.240 e. The van der Waals surface area contributed by atoms with E-state index in [0.29, 0.717) is 22.2 Å². The second-order valence-corrected chi connectivity index (χ2v) is 11.1. The maximum absolute atomic E-state index is 12.4. The minimum atomic E-state index is -3.59. The van der Waals surface area contributed by atoms with Crippen LogP contribution >= 0.6 is 22.9 Å². The van der Waals surface area contributed by atoms with Gasteiger partial charge in [-0.1, -0.05) is 29.8 Å². The molecule has 2 heterocycles. The zero-order valence-electron chi connectivity index (χ0n) is 19.4. The Labute approximate surface area is 217 Å². The number of aryl methyl sites for hydroxylation is 1. The topological polar surface area (TPSA) is 103 Å². The molecule has 0 unspecified atom stereocenters. The molecule has 3 aromatic carbocycles. The predicted molar refractivity (Wildman–Crippen MR) is 142 cm³/mol. The van der Waals surface area contributed by atoms with Crippen LogP contribution < -0.4 is 14.2 Å². The summed E-state index contributed by atoms with van der Waals surface area (Å²) in [6, 6.07) is 15.7. The van der Waals surface area contributed by atoms with Crippen LogP contribution in [0.4, 0.5) is 0 Å². The van der Waals surface area contributed by atoms with Crippen molar-refractivity contribution in [2.24, 2.45) is 0 Å². The molecule has 5 rings (SSSR count). The molecule has 36 heavy (non-hydrogen) atoms. The summed E-state index contributed by atoms with van der Waals surface area (Å²) in [4.78, 5) is 14.0. The molecule has 0 saturated carbocycles. The van der Waals surface area contributed by atoms with Crippen LogP contribution in [0.2, 0.25) is 5.02 Å². The number of rotatable bonds is 8. The fraction of sp³-hybridized carbons (Fsp3) is 0.160. The summed E-state index contributed by atoms with van der Waals surface area (Å²) in [7, 11) is -2.04. The zero-order valence-corrected chi connectivity index (χ0v) is 21.7. The first-order valence-corrected chi connectivity index (χ1v) is 13.6. The molecule has 5 aromatic rings. The van der Waals surface area contributed by atoms with Crippen molar-refractivity contribution in [1.82, 2.24) is 19.7 Å². The van der Waals surface area contributed by atoms with Gasteiger partial charge < -0.3 is 9.47 Å². The number of thiazole rings is 1. The second-order valence-electron chi connectivity index (χ2n) is 7.92. The van der Waals surface area contributed by atoms with Crippen molar-refractivity contribution >= 4 is 54.2 Å². The molecule has 0 spiro atoms. The Morgan fingerprint density at radius 1 is 1.06 bits per heavy atom. The van der Waals surface area contributed by atoms with E-state index >= 15 is 0 Å². The highest BCUT2D eigenvalue weighted by Gasteiger charge is 2.16. The van der Waals surface area contributed by atoms with Crippen LogP contribution in [0.1, 0.15) is 5.56 Å². The van der Waals surface area contributed by atoms with Crippen molar-refractivity contribution in [1.29, 1.82) is 0 Å². The molecule has 0 bridgehead atoms. The highest BCUT2D eigenvalue weighted by atomic mass is 35.5. The molecule has 0 aliphatic rings. The maximum atomic E-state index is 12.4.